The largest absolute Gasteiger partial charge is 0.399 e. The van der Waals surface area contributed by atoms with Gasteiger partial charge in [0.1, 0.15) is 0 Å². The lowest BCUT2D eigenvalue weighted by atomic mass is 10.2. The van der Waals surface area contributed by atoms with Crippen molar-refractivity contribution in [3.8, 4) is 0 Å². The molecular formula is C13H21N3O. The smallest absolute Gasteiger partial charge is 0.241 e. The highest BCUT2D eigenvalue weighted by atomic mass is 16.2. The molecule has 4 nitrogen and oxygen atoms in total. The number of carbonyl (C=O) groups is 1. The fourth-order valence-corrected chi connectivity index (χ4v) is 1.57. The van der Waals surface area contributed by atoms with Gasteiger partial charge < -0.3 is 15.5 Å². The SMILES string of the molecule is CCN(C)C(=O)CN(CC)c1cccc(N)c1. The molecule has 0 saturated carbocycles. The third-order valence-corrected chi connectivity index (χ3v) is 2.84. The quantitative estimate of drug-likeness (QED) is 0.788. The van der Waals surface area contributed by atoms with E-state index in [2.05, 4.69) is 0 Å². The second kappa shape index (κ2) is 6.13. The van der Waals surface area contributed by atoms with Gasteiger partial charge >= 0.3 is 0 Å². The second-order valence-electron chi connectivity index (χ2n) is 4.02. The molecule has 0 unspecified atom stereocenters. The molecule has 0 heterocycles. The van der Waals surface area contributed by atoms with Crippen LogP contribution in [0.3, 0.4) is 0 Å². The Morgan fingerprint density at radius 1 is 1.29 bits per heavy atom. The molecule has 17 heavy (non-hydrogen) atoms. The lowest BCUT2D eigenvalue weighted by Crippen LogP contribution is -2.38. The van der Waals surface area contributed by atoms with Crippen molar-refractivity contribution in [2.75, 3.05) is 37.3 Å². The van der Waals surface area contributed by atoms with Crippen LogP contribution in [0.2, 0.25) is 0 Å². The van der Waals surface area contributed by atoms with Crippen LogP contribution < -0.4 is 10.6 Å². The molecule has 0 fully saturated rings. The van der Waals surface area contributed by atoms with Crippen LogP contribution in [0.5, 0.6) is 0 Å². The molecule has 0 aliphatic heterocycles. The van der Waals surface area contributed by atoms with E-state index in [1.807, 2.05) is 50.1 Å². The van der Waals surface area contributed by atoms with Gasteiger partial charge in [0.05, 0.1) is 6.54 Å². The van der Waals surface area contributed by atoms with Crippen molar-refractivity contribution in [2.45, 2.75) is 13.8 Å². The van der Waals surface area contributed by atoms with Crippen LogP contribution in [0.4, 0.5) is 11.4 Å². The van der Waals surface area contributed by atoms with E-state index in [4.69, 9.17) is 5.73 Å². The first-order valence-electron chi connectivity index (χ1n) is 5.93. The summed E-state index contributed by atoms with van der Waals surface area (Å²) >= 11 is 0. The van der Waals surface area contributed by atoms with Crippen LogP contribution in [0.15, 0.2) is 24.3 Å². The second-order valence-corrected chi connectivity index (χ2v) is 4.02. The Morgan fingerprint density at radius 3 is 2.53 bits per heavy atom. The predicted molar refractivity (Wildman–Crippen MR) is 72.1 cm³/mol. The molecule has 1 aromatic carbocycles. The number of nitrogen functional groups attached to an aromatic ring is 1. The summed E-state index contributed by atoms with van der Waals surface area (Å²) in [5.74, 6) is 0.122. The molecule has 94 valence electrons. The maximum atomic E-state index is 11.9. The molecule has 4 heteroatoms. The number of hydrogen-bond acceptors (Lipinski definition) is 3. The van der Waals surface area contributed by atoms with Crippen LogP contribution in [0.25, 0.3) is 0 Å². The Kier molecular flexibility index (Phi) is 4.82. The van der Waals surface area contributed by atoms with E-state index >= 15 is 0 Å². The molecule has 0 bridgehead atoms. The number of nitrogens with zero attached hydrogens (tertiary/aromatic N) is 2. The van der Waals surface area contributed by atoms with Gasteiger partial charge in [0, 0.05) is 31.5 Å². The molecule has 0 atom stereocenters. The van der Waals surface area contributed by atoms with E-state index in [0.29, 0.717) is 6.54 Å². The minimum atomic E-state index is 0.122. The number of hydrogen-bond donors (Lipinski definition) is 1. The van der Waals surface area contributed by atoms with Crippen LogP contribution in [0, 0.1) is 0 Å². The Hall–Kier alpha value is -1.71. The van der Waals surface area contributed by atoms with E-state index in [0.717, 1.165) is 24.5 Å². The predicted octanol–water partition coefficient (Wildman–Crippen LogP) is 1.57. The van der Waals surface area contributed by atoms with E-state index < -0.39 is 0 Å². The van der Waals surface area contributed by atoms with Gasteiger partial charge in [0.15, 0.2) is 0 Å². The molecule has 0 aliphatic rings. The third-order valence-electron chi connectivity index (χ3n) is 2.84. The zero-order valence-electron chi connectivity index (χ0n) is 10.8. The highest BCUT2D eigenvalue weighted by Crippen LogP contribution is 2.17. The van der Waals surface area contributed by atoms with Crippen LogP contribution in [-0.2, 0) is 4.79 Å². The summed E-state index contributed by atoms with van der Waals surface area (Å²) in [6.45, 7) is 5.90. The minimum Gasteiger partial charge on any atom is -0.399 e. The Morgan fingerprint density at radius 2 is 2.00 bits per heavy atom. The highest BCUT2D eigenvalue weighted by Gasteiger charge is 2.12. The molecule has 0 aliphatic carbocycles. The number of amides is 1. The molecular weight excluding hydrogens is 214 g/mol. The van der Waals surface area contributed by atoms with E-state index in [-0.39, 0.29) is 5.91 Å². The number of benzene rings is 1. The number of anilines is 2. The first-order valence-corrected chi connectivity index (χ1v) is 5.93. The number of carbonyl (C=O) groups excluding carboxylic acids is 1. The van der Waals surface area contributed by atoms with E-state index in [9.17, 15) is 4.79 Å². The third kappa shape index (κ3) is 3.66. The maximum Gasteiger partial charge on any atom is 0.241 e. The van der Waals surface area contributed by atoms with Gasteiger partial charge in [0.25, 0.3) is 0 Å². The molecule has 1 aromatic rings. The first kappa shape index (κ1) is 13.4. The molecule has 0 saturated heterocycles. The van der Waals surface area contributed by atoms with Crippen molar-refractivity contribution >= 4 is 17.3 Å². The van der Waals surface area contributed by atoms with Gasteiger partial charge in [-0.15, -0.1) is 0 Å². The van der Waals surface area contributed by atoms with Crippen molar-refractivity contribution in [3.05, 3.63) is 24.3 Å². The average molecular weight is 235 g/mol. The Labute approximate surface area is 103 Å². The van der Waals surface area contributed by atoms with Crippen molar-refractivity contribution < 1.29 is 4.79 Å². The number of likely N-dealkylation sites (N-methyl/N-ethyl adjacent to an activating group) is 2. The standard InChI is InChI=1S/C13H21N3O/c1-4-15(3)13(17)10-16(5-2)12-8-6-7-11(14)9-12/h6-9H,4-5,10,14H2,1-3H3. The fourth-order valence-electron chi connectivity index (χ4n) is 1.57. The number of nitrogens with two attached hydrogens (primary N) is 1. The van der Waals surface area contributed by atoms with Crippen molar-refractivity contribution in [1.82, 2.24) is 4.90 Å². The summed E-state index contributed by atoms with van der Waals surface area (Å²) in [7, 11) is 1.82. The fraction of sp³-hybridized carbons (Fsp3) is 0.462. The lowest BCUT2D eigenvalue weighted by Gasteiger charge is -2.25. The van der Waals surface area contributed by atoms with Gasteiger partial charge in [-0.2, -0.15) is 0 Å². The maximum absolute atomic E-state index is 11.9. The average Bonchev–Trinajstić information content (AvgIpc) is 2.34. The van der Waals surface area contributed by atoms with Crippen LogP contribution >= 0.6 is 0 Å². The monoisotopic (exact) mass is 235 g/mol. The first-order chi connectivity index (χ1) is 8.08. The van der Waals surface area contributed by atoms with Crippen LogP contribution in [-0.4, -0.2) is 37.5 Å². The van der Waals surface area contributed by atoms with Crippen molar-refractivity contribution in [1.29, 1.82) is 0 Å². The summed E-state index contributed by atoms with van der Waals surface area (Å²) in [5.41, 5.74) is 7.46. The zero-order valence-corrected chi connectivity index (χ0v) is 10.8. The molecule has 2 N–H and O–H groups in total. The van der Waals surface area contributed by atoms with E-state index in [1.54, 1.807) is 4.90 Å². The zero-order chi connectivity index (χ0) is 12.8. The summed E-state index contributed by atoms with van der Waals surface area (Å²) in [6, 6.07) is 7.61. The summed E-state index contributed by atoms with van der Waals surface area (Å²) in [4.78, 5) is 15.6. The van der Waals surface area contributed by atoms with Crippen molar-refractivity contribution in [2.24, 2.45) is 0 Å². The minimum absolute atomic E-state index is 0.122. The van der Waals surface area contributed by atoms with Gasteiger partial charge in [-0.1, -0.05) is 6.07 Å². The topological polar surface area (TPSA) is 49.6 Å². The van der Waals surface area contributed by atoms with Crippen molar-refractivity contribution in [3.63, 3.8) is 0 Å². The summed E-state index contributed by atoms with van der Waals surface area (Å²) in [6.07, 6.45) is 0. The Bertz CT molecular complexity index is 379. The molecule has 0 aromatic heterocycles. The van der Waals surface area contributed by atoms with Gasteiger partial charge in [-0.05, 0) is 32.0 Å². The van der Waals surface area contributed by atoms with Gasteiger partial charge in [-0.3, -0.25) is 4.79 Å². The molecule has 0 spiro atoms. The van der Waals surface area contributed by atoms with Gasteiger partial charge in [0.2, 0.25) is 5.91 Å². The Balaban J connectivity index is 2.75. The van der Waals surface area contributed by atoms with Gasteiger partial charge in [-0.25, -0.2) is 0 Å². The summed E-state index contributed by atoms with van der Waals surface area (Å²) < 4.78 is 0. The molecule has 1 rings (SSSR count). The van der Waals surface area contributed by atoms with E-state index in [1.165, 1.54) is 0 Å². The summed E-state index contributed by atoms with van der Waals surface area (Å²) in [5, 5.41) is 0. The van der Waals surface area contributed by atoms with Crippen LogP contribution in [0.1, 0.15) is 13.8 Å². The highest BCUT2D eigenvalue weighted by molar-refractivity contribution is 5.81. The molecule has 1 amide bonds. The lowest BCUT2D eigenvalue weighted by molar-refractivity contribution is -0.128. The molecule has 0 radical (unpaired) electrons. The normalized spacial score (nSPS) is 10.1. The number of rotatable bonds is 5.